The Morgan fingerprint density at radius 2 is 2.11 bits per heavy atom. The highest BCUT2D eigenvalue weighted by Gasteiger charge is 2.46. The lowest BCUT2D eigenvalue weighted by molar-refractivity contribution is 0.252. The van der Waals surface area contributed by atoms with E-state index >= 15 is 0 Å². The van der Waals surface area contributed by atoms with Gasteiger partial charge in [-0.25, -0.2) is 0 Å². The number of thioether (sulfide) groups is 1. The first kappa shape index (κ1) is 19.6. The minimum Gasteiger partial charge on any atom is -0.493 e. The number of halogens is 1. The van der Waals surface area contributed by atoms with Gasteiger partial charge in [-0.15, -0.1) is 0 Å². The number of nitrogens with zero attached hydrogens (tertiary/aromatic N) is 3. The summed E-state index contributed by atoms with van der Waals surface area (Å²) in [6, 6.07) is 10.6. The summed E-state index contributed by atoms with van der Waals surface area (Å²) in [5.41, 5.74) is 2.14. The second kappa shape index (κ2) is 8.33. The van der Waals surface area contributed by atoms with Crippen molar-refractivity contribution in [3.8, 4) is 11.5 Å². The number of amidine groups is 1. The first-order chi connectivity index (χ1) is 13.7. The Labute approximate surface area is 178 Å². The van der Waals surface area contributed by atoms with Gasteiger partial charge in [-0.2, -0.15) is 0 Å². The quantitative estimate of drug-likeness (QED) is 0.588. The molecule has 3 atom stereocenters. The molecule has 0 aliphatic carbocycles. The molecule has 0 saturated carbocycles. The van der Waals surface area contributed by atoms with Gasteiger partial charge in [0.2, 0.25) is 0 Å². The van der Waals surface area contributed by atoms with Crippen molar-refractivity contribution >= 4 is 32.9 Å². The summed E-state index contributed by atoms with van der Waals surface area (Å²) in [7, 11) is 1.67. The van der Waals surface area contributed by atoms with Crippen molar-refractivity contribution in [1.29, 1.82) is 0 Å². The second-order valence-corrected chi connectivity index (χ2v) is 8.64. The minimum atomic E-state index is -0.0442. The Kier molecular flexibility index (Phi) is 5.83. The molecule has 1 saturated heterocycles. The van der Waals surface area contributed by atoms with Crippen LogP contribution >= 0.6 is 27.7 Å². The van der Waals surface area contributed by atoms with Crippen molar-refractivity contribution < 1.29 is 9.47 Å². The molecule has 0 spiro atoms. The third-order valence-corrected chi connectivity index (χ3v) is 7.04. The SMILES string of the molecule is CCOc1cc([C@H]2[C@H](c3ccccn3)N=C3SC[C@@H](CC)N32)c(Br)cc1OC. The molecular weight excluding hydrogens is 438 g/mol. The molecule has 2 aliphatic rings. The van der Waals surface area contributed by atoms with Crippen LogP contribution in [0.3, 0.4) is 0 Å². The van der Waals surface area contributed by atoms with Crippen molar-refractivity contribution in [2.75, 3.05) is 19.5 Å². The Bertz CT molecular complexity index is 877. The minimum absolute atomic E-state index is 0.0442. The van der Waals surface area contributed by atoms with E-state index in [1.54, 1.807) is 7.11 Å². The zero-order valence-corrected chi connectivity index (χ0v) is 18.7. The molecule has 0 unspecified atom stereocenters. The van der Waals surface area contributed by atoms with Gasteiger partial charge in [-0.3, -0.25) is 9.98 Å². The van der Waals surface area contributed by atoms with E-state index in [1.807, 2.05) is 43.1 Å². The highest BCUT2D eigenvalue weighted by molar-refractivity contribution is 9.10. The molecule has 0 amide bonds. The maximum Gasteiger partial charge on any atom is 0.161 e. The standard InChI is InChI=1S/C21H24BrN3O2S/c1-4-13-12-28-21-24-19(16-8-6-7-9-23-16)20(25(13)21)14-10-18(27-5-2)17(26-3)11-15(14)22/h6-11,13,19-20H,4-5,12H2,1-3H3/t13-,19+,20+/m1/s1. The third kappa shape index (κ3) is 3.39. The van der Waals surface area contributed by atoms with Crippen LogP contribution in [0.4, 0.5) is 0 Å². The molecule has 0 radical (unpaired) electrons. The molecule has 0 N–H and O–H groups in total. The van der Waals surface area contributed by atoms with Gasteiger partial charge >= 0.3 is 0 Å². The Morgan fingerprint density at radius 3 is 2.79 bits per heavy atom. The molecule has 1 aromatic heterocycles. The van der Waals surface area contributed by atoms with Crippen LogP contribution in [0, 0.1) is 0 Å². The van der Waals surface area contributed by atoms with Gasteiger partial charge in [0.15, 0.2) is 16.7 Å². The molecule has 1 aromatic carbocycles. The van der Waals surface area contributed by atoms with Crippen LogP contribution in [0.15, 0.2) is 46.0 Å². The molecule has 148 valence electrons. The molecular formula is C21H24BrN3O2S. The van der Waals surface area contributed by atoms with Crippen molar-refractivity contribution in [1.82, 2.24) is 9.88 Å². The summed E-state index contributed by atoms with van der Waals surface area (Å²) in [5.74, 6) is 2.57. The smallest absolute Gasteiger partial charge is 0.161 e. The third-order valence-electron chi connectivity index (χ3n) is 5.23. The Balaban J connectivity index is 1.83. The molecule has 5 nitrogen and oxygen atoms in total. The van der Waals surface area contributed by atoms with Crippen molar-refractivity contribution in [3.05, 3.63) is 52.3 Å². The highest BCUT2D eigenvalue weighted by Crippen LogP contribution is 2.51. The summed E-state index contributed by atoms with van der Waals surface area (Å²) in [6.07, 6.45) is 2.93. The summed E-state index contributed by atoms with van der Waals surface area (Å²) >= 11 is 5.63. The van der Waals surface area contributed by atoms with Crippen molar-refractivity contribution in [3.63, 3.8) is 0 Å². The van der Waals surface area contributed by atoms with E-state index < -0.39 is 0 Å². The van der Waals surface area contributed by atoms with Gasteiger partial charge in [0.1, 0.15) is 6.04 Å². The molecule has 0 bridgehead atoms. The van der Waals surface area contributed by atoms with Crippen LogP contribution in [0.5, 0.6) is 11.5 Å². The lowest BCUT2D eigenvalue weighted by atomic mass is 9.95. The molecule has 28 heavy (non-hydrogen) atoms. The number of hydrogen-bond acceptors (Lipinski definition) is 6. The fourth-order valence-corrected chi connectivity index (χ4v) is 5.79. The van der Waals surface area contributed by atoms with Crippen LogP contribution in [0.25, 0.3) is 0 Å². The van der Waals surface area contributed by atoms with Crippen LogP contribution in [-0.2, 0) is 0 Å². The first-order valence-corrected chi connectivity index (χ1v) is 11.4. The van der Waals surface area contributed by atoms with Crippen molar-refractivity contribution in [2.24, 2.45) is 4.99 Å². The highest BCUT2D eigenvalue weighted by atomic mass is 79.9. The van der Waals surface area contributed by atoms with Gasteiger partial charge in [-0.05, 0) is 43.2 Å². The molecule has 4 rings (SSSR count). The summed E-state index contributed by atoms with van der Waals surface area (Å²) in [6.45, 7) is 4.82. The number of aliphatic imine (C=N–C) groups is 1. The lowest BCUT2D eigenvalue weighted by Crippen LogP contribution is -2.35. The van der Waals surface area contributed by atoms with Crippen LogP contribution in [0.2, 0.25) is 0 Å². The van der Waals surface area contributed by atoms with Gasteiger partial charge in [0.05, 0.1) is 25.5 Å². The molecule has 7 heteroatoms. The second-order valence-electron chi connectivity index (χ2n) is 6.79. The van der Waals surface area contributed by atoms with E-state index in [9.17, 15) is 0 Å². The fraction of sp³-hybridized carbons (Fsp3) is 0.429. The number of fused-ring (bicyclic) bond motifs is 1. The van der Waals surface area contributed by atoms with Crippen molar-refractivity contribution in [2.45, 2.75) is 38.4 Å². The van der Waals surface area contributed by atoms with E-state index in [1.165, 1.54) is 0 Å². The average Bonchev–Trinajstić information content (AvgIpc) is 3.29. The van der Waals surface area contributed by atoms with Gasteiger partial charge in [0.25, 0.3) is 0 Å². The maximum atomic E-state index is 5.87. The van der Waals surface area contributed by atoms with Gasteiger partial charge in [-0.1, -0.05) is 40.7 Å². The first-order valence-electron chi connectivity index (χ1n) is 9.58. The zero-order chi connectivity index (χ0) is 19.7. The normalized spacial score (nSPS) is 23.5. The number of hydrogen-bond donors (Lipinski definition) is 0. The summed E-state index contributed by atoms with van der Waals surface area (Å²) in [5, 5.41) is 1.12. The molecule has 2 aliphatic heterocycles. The largest absolute Gasteiger partial charge is 0.493 e. The number of pyridine rings is 1. The van der Waals surface area contributed by atoms with E-state index in [-0.39, 0.29) is 12.1 Å². The predicted molar refractivity (Wildman–Crippen MR) is 117 cm³/mol. The number of benzene rings is 1. The predicted octanol–water partition coefficient (Wildman–Crippen LogP) is 5.23. The average molecular weight is 462 g/mol. The Morgan fingerprint density at radius 1 is 1.25 bits per heavy atom. The molecule has 2 aromatic rings. The monoisotopic (exact) mass is 461 g/mol. The number of rotatable bonds is 6. The number of aromatic nitrogens is 1. The van der Waals surface area contributed by atoms with Crippen LogP contribution in [-0.4, -0.2) is 40.6 Å². The molecule has 3 heterocycles. The zero-order valence-electron chi connectivity index (χ0n) is 16.3. The molecule has 1 fully saturated rings. The number of methoxy groups -OCH3 is 1. The topological polar surface area (TPSA) is 47.0 Å². The van der Waals surface area contributed by atoms with Crippen LogP contribution in [0.1, 0.15) is 43.6 Å². The number of ether oxygens (including phenoxy) is 2. The lowest BCUT2D eigenvalue weighted by Gasteiger charge is -2.32. The van der Waals surface area contributed by atoms with Gasteiger partial charge < -0.3 is 14.4 Å². The summed E-state index contributed by atoms with van der Waals surface area (Å²) < 4.78 is 12.4. The van der Waals surface area contributed by atoms with Crippen LogP contribution < -0.4 is 9.47 Å². The van der Waals surface area contributed by atoms with E-state index in [0.29, 0.717) is 12.6 Å². The maximum absolute atomic E-state index is 5.87. The Hall–Kier alpha value is -1.73. The van der Waals surface area contributed by atoms with Gasteiger partial charge in [0, 0.05) is 22.5 Å². The van der Waals surface area contributed by atoms with E-state index in [0.717, 1.165) is 44.6 Å². The summed E-state index contributed by atoms with van der Waals surface area (Å²) in [4.78, 5) is 12.2. The fourth-order valence-electron chi connectivity index (χ4n) is 3.89. The van der Waals surface area contributed by atoms with E-state index in [4.69, 9.17) is 14.5 Å². The van der Waals surface area contributed by atoms with E-state index in [2.05, 4.69) is 44.9 Å².